The zero-order valence-electron chi connectivity index (χ0n) is 10.4. The molecule has 0 aliphatic rings. The molecule has 0 bridgehead atoms. The molecule has 0 saturated heterocycles. The number of carbonyl (C=O) groups excluding carboxylic acids is 2. The fourth-order valence-corrected chi connectivity index (χ4v) is 1.29. The zero-order chi connectivity index (χ0) is 13.5. The van der Waals surface area contributed by atoms with Gasteiger partial charge >= 0.3 is 6.09 Å². The van der Waals surface area contributed by atoms with Gasteiger partial charge in [0, 0.05) is 0 Å². The van der Waals surface area contributed by atoms with Crippen LogP contribution in [0.4, 0.5) is 4.79 Å². The van der Waals surface area contributed by atoms with E-state index in [0.717, 1.165) is 5.56 Å². The number of allylic oxidation sites excluding steroid dienone is 1. The molecule has 0 unspecified atom stereocenters. The molecule has 2 amide bonds. The number of carbonyl (C=O) groups is 2. The fraction of sp³-hybridized carbons (Fsp3) is 0.231. The van der Waals surface area contributed by atoms with Crippen molar-refractivity contribution in [3.63, 3.8) is 0 Å². The highest BCUT2D eigenvalue weighted by atomic mass is 16.5. The number of primary amides is 1. The predicted molar refractivity (Wildman–Crippen MR) is 67.3 cm³/mol. The van der Waals surface area contributed by atoms with Crippen LogP contribution >= 0.6 is 0 Å². The maximum Gasteiger partial charge on any atom is 0.412 e. The van der Waals surface area contributed by atoms with Gasteiger partial charge in [-0.15, -0.1) is 0 Å². The molecule has 0 aromatic heterocycles. The molecular weight excluding hydrogens is 232 g/mol. The lowest BCUT2D eigenvalue weighted by Gasteiger charge is -2.09. The molecule has 0 atom stereocenters. The summed E-state index contributed by atoms with van der Waals surface area (Å²) < 4.78 is 4.97. The van der Waals surface area contributed by atoms with Crippen molar-refractivity contribution in [3.8, 4) is 0 Å². The van der Waals surface area contributed by atoms with Crippen molar-refractivity contribution >= 4 is 12.0 Å². The molecule has 0 aliphatic carbocycles. The van der Waals surface area contributed by atoms with Crippen LogP contribution in [0.3, 0.4) is 0 Å². The third kappa shape index (κ3) is 4.29. The van der Waals surface area contributed by atoms with Crippen molar-refractivity contribution in [1.82, 2.24) is 5.32 Å². The molecule has 1 rings (SSSR count). The molecule has 5 heteroatoms. The molecule has 0 heterocycles. The number of rotatable bonds is 4. The SMILES string of the molecule is CC(C)=C(NC(=O)OCc1ccccc1)C(N)=O. The molecule has 1 aromatic carbocycles. The van der Waals surface area contributed by atoms with Crippen LogP contribution in [0.25, 0.3) is 0 Å². The summed E-state index contributed by atoms with van der Waals surface area (Å²) in [6.07, 6.45) is -0.700. The lowest BCUT2D eigenvalue weighted by Crippen LogP contribution is -2.32. The van der Waals surface area contributed by atoms with Crippen LogP contribution in [0.5, 0.6) is 0 Å². The molecule has 0 radical (unpaired) electrons. The van der Waals surface area contributed by atoms with Crippen LogP contribution in [0.2, 0.25) is 0 Å². The predicted octanol–water partition coefficient (Wildman–Crippen LogP) is 1.69. The van der Waals surface area contributed by atoms with Gasteiger partial charge in [0.05, 0.1) is 0 Å². The molecular formula is C13H16N2O3. The van der Waals surface area contributed by atoms with Gasteiger partial charge in [0.2, 0.25) is 0 Å². The first-order valence-corrected chi connectivity index (χ1v) is 5.45. The molecule has 3 N–H and O–H groups in total. The Morgan fingerprint density at radius 3 is 2.33 bits per heavy atom. The minimum Gasteiger partial charge on any atom is -0.444 e. The second kappa shape index (κ2) is 6.44. The van der Waals surface area contributed by atoms with Gasteiger partial charge in [-0.3, -0.25) is 10.1 Å². The third-order valence-corrected chi connectivity index (χ3v) is 2.19. The van der Waals surface area contributed by atoms with E-state index in [1.165, 1.54) is 0 Å². The Balaban J connectivity index is 2.52. The van der Waals surface area contributed by atoms with Gasteiger partial charge < -0.3 is 10.5 Å². The van der Waals surface area contributed by atoms with Crippen molar-refractivity contribution in [2.75, 3.05) is 0 Å². The van der Waals surface area contributed by atoms with Crippen molar-refractivity contribution in [1.29, 1.82) is 0 Å². The quantitative estimate of drug-likeness (QED) is 0.795. The van der Waals surface area contributed by atoms with Gasteiger partial charge in [-0.2, -0.15) is 0 Å². The number of benzene rings is 1. The standard InChI is InChI=1S/C13H16N2O3/c1-9(2)11(12(14)16)15-13(17)18-8-10-6-4-3-5-7-10/h3-7H,8H2,1-2H3,(H2,14,16)(H,15,17). The molecule has 0 saturated carbocycles. The number of amides is 2. The van der Waals surface area contributed by atoms with E-state index in [2.05, 4.69) is 5.32 Å². The maximum absolute atomic E-state index is 11.5. The second-order valence-electron chi connectivity index (χ2n) is 3.93. The van der Waals surface area contributed by atoms with Crippen molar-refractivity contribution in [3.05, 3.63) is 47.2 Å². The topological polar surface area (TPSA) is 81.4 Å². The van der Waals surface area contributed by atoms with E-state index in [0.29, 0.717) is 5.57 Å². The maximum atomic E-state index is 11.5. The van der Waals surface area contributed by atoms with Gasteiger partial charge in [-0.1, -0.05) is 30.3 Å². The Hall–Kier alpha value is -2.30. The second-order valence-corrected chi connectivity index (χ2v) is 3.93. The van der Waals surface area contributed by atoms with Crippen LogP contribution in [0, 0.1) is 0 Å². The monoisotopic (exact) mass is 248 g/mol. The normalized spacial score (nSPS) is 9.44. The van der Waals surface area contributed by atoms with E-state index in [4.69, 9.17) is 10.5 Å². The number of nitrogens with one attached hydrogen (secondary N) is 1. The van der Waals surface area contributed by atoms with Crippen LogP contribution in [0.15, 0.2) is 41.6 Å². The van der Waals surface area contributed by atoms with Gasteiger partial charge in [0.25, 0.3) is 5.91 Å². The van der Waals surface area contributed by atoms with Gasteiger partial charge in [-0.25, -0.2) is 4.79 Å². The smallest absolute Gasteiger partial charge is 0.412 e. The fourth-order valence-electron chi connectivity index (χ4n) is 1.29. The molecule has 18 heavy (non-hydrogen) atoms. The lowest BCUT2D eigenvalue weighted by atomic mass is 10.2. The van der Waals surface area contributed by atoms with Crippen LogP contribution in [0.1, 0.15) is 19.4 Å². The summed E-state index contributed by atoms with van der Waals surface area (Å²) in [7, 11) is 0. The molecule has 0 aliphatic heterocycles. The highest BCUT2D eigenvalue weighted by Crippen LogP contribution is 2.02. The van der Waals surface area contributed by atoms with Gasteiger partial charge in [0.1, 0.15) is 12.3 Å². The molecule has 1 aromatic rings. The number of ether oxygens (including phenoxy) is 1. The van der Waals surface area contributed by atoms with E-state index < -0.39 is 12.0 Å². The highest BCUT2D eigenvalue weighted by Gasteiger charge is 2.12. The number of hydrogen-bond acceptors (Lipinski definition) is 3. The largest absolute Gasteiger partial charge is 0.444 e. The minimum absolute atomic E-state index is 0.0630. The number of hydrogen-bond donors (Lipinski definition) is 2. The first-order chi connectivity index (χ1) is 8.50. The first-order valence-electron chi connectivity index (χ1n) is 5.45. The molecule has 96 valence electrons. The summed E-state index contributed by atoms with van der Waals surface area (Å²) in [5, 5.41) is 2.33. The van der Waals surface area contributed by atoms with Crippen molar-refractivity contribution < 1.29 is 14.3 Å². The number of nitrogens with two attached hydrogens (primary N) is 1. The Morgan fingerprint density at radius 1 is 1.22 bits per heavy atom. The summed E-state index contributed by atoms with van der Waals surface area (Å²) in [6, 6.07) is 9.24. The van der Waals surface area contributed by atoms with Crippen LogP contribution in [-0.2, 0) is 16.1 Å². The van der Waals surface area contributed by atoms with E-state index in [1.54, 1.807) is 13.8 Å². The summed E-state index contributed by atoms with van der Waals surface area (Å²) in [5.74, 6) is -0.688. The summed E-state index contributed by atoms with van der Waals surface area (Å²) >= 11 is 0. The molecule has 5 nitrogen and oxygen atoms in total. The van der Waals surface area contributed by atoms with Gasteiger partial charge in [0.15, 0.2) is 0 Å². The van der Waals surface area contributed by atoms with Crippen molar-refractivity contribution in [2.24, 2.45) is 5.73 Å². The number of alkyl carbamates (subject to hydrolysis) is 1. The first kappa shape index (κ1) is 13.8. The molecule has 0 fully saturated rings. The Morgan fingerprint density at radius 2 is 1.83 bits per heavy atom. The summed E-state index contributed by atoms with van der Waals surface area (Å²) in [4.78, 5) is 22.5. The Labute approximate surface area is 106 Å². The zero-order valence-corrected chi connectivity index (χ0v) is 10.4. The van der Waals surface area contributed by atoms with E-state index >= 15 is 0 Å². The average Bonchev–Trinajstić information content (AvgIpc) is 2.34. The average molecular weight is 248 g/mol. The minimum atomic E-state index is -0.700. The summed E-state index contributed by atoms with van der Waals surface area (Å²) in [6.45, 7) is 3.50. The van der Waals surface area contributed by atoms with Gasteiger partial charge in [-0.05, 0) is 25.0 Å². The third-order valence-electron chi connectivity index (χ3n) is 2.19. The molecule has 0 spiro atoms. The lowest BCUT2D eigenvalue weighted by molar-refractivity contribution is -0.115. The Kier molecular flexibility index (Phi) is 4.92. The van der Waals surface area contributed by atoms with E-state index in [9.17, 15) is 9.59 Å². The van der Waals surface area contributed by atoms with Crippen LogP contribution in [-0.4, -0.2) is 12.0 Å². The Bertz CT molecular complexity index is 462. The van der Waals surface area contributed by atoms with E-state index in [-0.39, 0.29) is 12.3 Å². The van der Waals surface area contributed by atoms with Crippen molar-refractivity contribution in [2.45, 2.75) is 20.5 Å². The summed E-state index contributed by atoms with van der Waals surface area (Å²) in [5.41, 5.74) is 6.68. The van der Waals surface area contributed by atoms with E-state index in [1.807, 2.05) is 30.3 Å². The van der Waals surface area contributed by atoms with Crippen LogP contribution < -0.4 is 11.1 Å². The highest BCUT2D eigenvalue weighted by molar-refractivity contribution is 5.95.